The summed E-state index contributed by atoms with van der Waals surface area (Å²) in [6, 6.07) is 3.79. The Bertz CT molecular complexity index is 558. The van der Waals surface area contributed by atoms with E-state index >= 15 is 0 Å². The van der Waals surface area contributed by atoms with Crippen LogP contribution in [0.1, 0.15) is 17.0 Å². The van der Waals surface area contributed by atoms with Crippen LogP contribution < -0.4 is 10.2 Å². The van der Waals surface area contributed by atoms with Crippen molar-refractivity contribution in [2.24, 2.45) is 0 Å². The van der Waals surface area contributed by atoms with E-state index in [4.69, 9.17) is 5.26 Å². The lowest BCUT2D eigenvalue weighted by molar-refractivity contribution is -0.130. The molecule has 1 aromatic heterocycles. The lowest BCUT2D eigenvalue weighted by Gasteiger charge is -2.28. The summed E-state index contributed by atoms with van der Waals surface area (Å²) in [7, 11) is 0. The number of hydrogen-bond acceptors (Lipinski definition) is 5. The van der Waals surface area contributed by atoms with Crippen LogP contribution in [0.2, 0.25) is 0 Å². The van der Waals surface area contributed by atoms with Crippen molar-refractivity contribution in [3.8, 4) is 6.07 Å². The molecule has 1 aromatic rings. The zero-order valence-electron chi connectivity index (χ0n) is 10.1. The molecule has 1 fully saturated rings. The highest BCUT2D eigenvalue weighted by Gasteiger charge is 2.25. The van der Waals surface area contributed by atoms with Crippen LogP contribution in [0.25, 0.3) is 0 Å². The summed E-state index contributed by atoms with van der Waals surface area (Å²) in [5.74, 6) is -0.718. The van der Waals surface area contributed by atoms with Crippen molar-refractivity contribution in [1.29, 1.82) is 5.26 Å². The number of nitrogens with zero attached hydrogens (tertiary/aromatic N) is 3. The first kappa shape index (κ1) is 12.0. The fraction of sp³-hybridized carbons (Fsp3) is 0.333. The van der Waals surface area contributed by atoms with Gasteiger partial charge in [0, 0.05) is 5.69 Å². The second-order valence-corrected chi connectivity index (χ2v) is 4.18. The van der Waals surface area contributed by atoms with Crippen LogP contribution in [0.15, 0.2) is 6.07 Å². The van der Waals surface area contributed by atoms with Gasteiger partial charge in [0.05, 0.1) is 30.0 Å². The SMILES string of the molecule is Cc1cc(N2CC(=O)NC(=O)C2)c(C#N)c(C)n1. The van der Waals surface area contributed by atoms with Gasteiger partial charge in [-0.15, -0.1) is 0 Å². The minimum absolute atomic E-state index is 0.0727. The maximum atomic E-state index is 11.4. The van der Waals surface area contributed by atoms with Crippen LogP contribution in [-0.2, 0) is 9.59 Å². The molecule has 2 heterocycles. The summed E-state index contributed by atoms with van der Waals surface area (Å²) in [5.41, 5.74) is 2.35. The van der Waals surface area contributed by atoms with Gasteiger partial charge in [-0.3, -0.25) is 19.9 Å². The summed E-state index contributed by atoms with van der Waals surface area (Å²) in [6.07, 6.45) is 0. The monoisotopic (exact) mass is 244 g/mol. The minimum atomic E-state index is -0.359. The standard InChI is InChI=1S/C12H12N4O2/c1-7-3-10(9(4-13)8(2)14-7)16-5-11(17)15-12(18)6-16/h3H,5-6H2,1-2H3,(H,15,17,18). The molecule has 1 aliphatic rings. The molecule has 0 radical (unpaired) electrons. The van der Waals surface area contributed by atoms with Crippen molar-refractivity contribution in [3.63, 3.8) is 0 Å². The van der Waals surface area contributed by atoms with Gasteiger partial charge in [-0.1, -0.05) is 0 Å². The summed E-state index contributed by atoms with van der Waals surface area (Å²) in [5, 5.41) is 11.4. The molecule has 18 heavy (non-hydrogen) atoms. The molecule has 2 amide bonds. The maximum Gasteiger partial charge on any atom is 0.246 e. The lowest BCUT2D eigenvalue weighted by atomic mass is 10.1. The molecule has 0 aliphatic carbocycles. The van der Waals surface area contributed by atoms with Crippen molar-refractivity contribution in [3.05, 3.63) is 23.0 Å². The van der Waals surface area contributed by atoms with E-state index in [1.54, 1.807) is 17.9 Å². The number of imide groups is 1. The van der Waals surface area contributed by atoms with Gasteiger partial charge in [-0.05, 0) is 19.9 Å². The van der Waals surface area contributed by atoms with Crippen LogP contribution in [0, 0.1) is 25.2 Å². The van der Waals surface area contributed by atoms with Crippen LogP contribution in [0.3, 0.4) is 0 Å². The molecule has 2 rings (SSSR count). The summed E-state index contributed by atoms with van der Waals surface area (Å²) >= 11 is 0. The van der Waals surface area contributed by atoms with Gasteiger partial charge >= 0.3 is 0 Å². The smallest absolute Gasteiger partial charge is 0.246 e. The Labute approximate surface area is 104 Å². The number of hydrogen-bond donors (Lipinski definition) is 1. The maximum absolute atomic E-state index is 11.4. The highest BCUT2D eigenvalue weighted by molar-refractivity contribution is 6.02. The van der Waals surface area contributed by atoms with E-state index in [1.165, 1.54) is 0 Å². The normalized spacial score (nSPS) is 15.3. The number of amides is 2. The predicted molar refractivity (Wildman–Crippen MR) is 63.8 cm³/mol. The Morgan fingerprint density at radius 3 is 2.50 bits per heavy atom. The molecule has 0 saturated carbocycles. The largest absolute Gasteiger partial charge is 0.352 e. The molecular weight excluding hydrogens is 232 g/mol. The van der Waals surface area contributed by atoms with Gasteiger partial charge in [-0.25, -0.2) is 0 Å². The molecule has 1 saturated heterocycles. The Morgan fingerprint density at radius 1 is 1.33 bits per heavy atom. The first-order chi connectivity index (χ1) is 8.51. The van der Waals surface area contributed by atoms with Gasteiger partial charge in [0.25, 0.3) is 0 Å². The number of aryl methyl sites for hydroxylation is 2. The molecule has 6 nitrogen and oxygen atoms in total. The van der Waals surface area contributed by atoms with Gasteiger partial charge in [-0.2, -0.15) is 5.26 Å². The third kappa shape index (κ3) is 2.15. The van der Waals surface area contributed by atoms with Gasteiger partial charge in [0.1, 0.15) is 6.07 Å². The van der Waals surface area contributed by atoms with E-state index in [0.29, 0.717) is 16.9 Å². The van der Waals surface area contributed by atoms with Crippen LogP contribution in [0.5, 0.6) is 0 Å². The molecular formula is C12H12N4O2. The average Bonchev–Trinajstić information content (AvgIpc) is 2.26. The minimum Gasteiger partial charge on any atom is -0.352 e. The Morgan fingerprint density at radius 2 is 1.94 bits per heavy atom. The molecule has 0 unspecified atom stereocenters. The number of piperazine rings is 1. The van der Waals surface area contributed by atoms with Gasteiger partial charge in [0.2, 0.25) is 11.8 Å². The fourth-order valence-electron chi connectivity index (χ4n) is 2.00. The number of anilines is 1. The number of pyridine rings is 1. The number of nitriles is 1. The molecule has 1 N–H and O–H groups in total. The fourth-order valence-corrected chi connectivity index (χ4v) is 2.00. The molecule has 0 spiro atoms. The zero-order chi connectivity index (χ0) is 13.3. The van der Waals surface area contributed by atoms with Crippen LogP contribution in [-0.4, -0.2) is 29.9 Å². The summed E-state index contributed by atoms with van der Waals surface area (Å²) < 4.78 is 0. The van der Waals surface area contributed by atoms with E-state index in [1.807, 2.05) is 6.92 Å². The van der Waals surface area contributed by atoms with Crippen molar-refractivity contribution in [2.45, 2.75) is 13.8 Å². The first-order valence-electron chi connectivity index (χ1n) is 5.47. The van der Waals surface area contributed by atoms with E-state index in [0.717, 1.165) is 5.69 Å². The predicted octanol–water partition coefficient (Wildman–Crippen LogP) is 0.0329. The second-order valence-electron chi connectivity index (χ2n) is 4.18. The van der Waals surface area contributed by atoms with Gasteiger partial charge in [0.15, 0.2) is 0 Å². The number of rotatable bonds is 1. The first-order valence-corrected chi connectivity index (χ1v) is 5.47. The molecule has 92 valence electrons. The Kier molecular flexibility index (Phi) is 2.98. The lowest BCUT2D eigenvalue weighted by Crippen LogP contribution is -2.51. The molecule has 6 heteroatoms. The number of carbonyl (C=O) groups is 2. The summed E-state index contributed by atoms with van der Waals surface area (Å²) in [6.45, 7) is 3.69. The third-order valence-electron chi connectivity index (χ3n) is 2.71. The second kappa shape index (κ2) is 4.45. The number of aromatic nitrogens is 1. The molecule has 0 aromatic carbocycles. The van der Waals surface area contributed by atoms with Crippen molar-refractivity contribution in [2.75, 3.05) is 18.0 Å². The summed E-state index contributed by atoms with van der Waals surface area (Å²) in [4.78, 5) is 28.5. The van der Waals surface area contributed by atoms with Crippen molar-refractivity contribution in [1.82, 2.24) is 10.3 Å². The topological polar surface area (TPSA) is 86.1 Å². The molecule has 1 aliphatic heterocycles. The zero-order valence-corrected chi connectivity index (χ0v) is 10.1. The number of nitrogens with one attached hydrogen (secondary N) is 1. The molecule has 0 bridgehead atoms. The van der Waals surface area contributed by atoms with E-state index in [-0.39, 0.29) is 24.9 Å². The van der Waals surface area contributed by atoms with Crippen molar-refractivity contribution >= 4 is 17.5 Å². The van der Waals surface area contributed by atoms with E-state index < -0.39 is 0 Å². The highest BCUT2D eigenvalue weighted by Crippen LogP contribution is 2.23. The highest BCUT2D eigenvalue weighted by atomic mass is 16.2. The van der Waals surface area contributed by atoms with Crippen molar-refractivity contribution < 1.29 is 9.59 Å². The van der Waals surface area contributed by atoms with Crippen LogP contribution >= 0.6 is 0 Å². The Hall–Kier alpha value is -2.42. The van der Waals surface area contributed by atoms with Crippen LogP contribution in [0.4, 0.5) is 5.69 Å². The Balaban J connectivity index is 2.47. The van der Waals surface area contributed by atoms with E-state index in [2.05, 4.69) is 16.4 Å². The van der Waals surface area contributed by atoms with E-state index in [9.17, 15) is 9.59 Å². The third-order valence-corrected chi connectivity index (χ3v) is 2.71. The quantitative estimate of drug-likeness (QED) is 0.704. The molecule has 0 atom stereocenters. The number of carbonyl (C=O) groups excluding carboxylic acids is 2. The average molecular weight is 244 g/mol. The van der Waals surface area contributed by atoms with Gasteiger partial charge < -0.3 is 4.90 Å².